The Labute approximate surface area is 106 Å². The minimum Gasteiger partial charge on any atom is -0.392 e. The number of hydrogen-bond donors (Lipinski definition) is 2. The molecule has 3 nitrogen and oxygen atoms in total. The molecule has 0 spiro atoms. The zero-order chi connectivity index (χ0) is 12.9. The summed E-state index contributed by atoms with van der Waals surface area (Å²) in [7, 11) is 0. The van der Waals surface area contributed by atoms with Gasteiger partial charge in [-0.3, -0.25) is 4.79 Å². The van der Waals surface area contributed by atoms with Gasteiger partial charge < -0.3 is 10.4 Å². The van der Waals surface area contributed by atoms with Crippen molar-refractivity contribution >= 4 is 5.91 Å². The molecule has 1 atom stereocenters. The summed E-state index contributed by atoms with van der Waals surface area (Å²) >= 11 is 0. The number of aliphatic hydroxyl groups excluding tert-OH is 1. The van der Waals surface area contributed by atoms with Crippen LogP contribution in [0, 0.1) is 0 Å². The van der Waals surface area contributed by atoms with Crippen molar-refractivity contribution < 1.29 is 9.90 Å². The zero-order valence-electron chi connectivity index (χ0n) is 11.5. The molecule has 0 aliphatic rings. The second-order valence-corrected chi connectivity index (χ2v) is 4.88. The summed E-state index contributed by atoms with van der Waals surface area (Å²) in [6.45, 7) is 4.28. The number of carbonyl (C=O) groups is 1. The minimum absolute atomic E-state index is 0.0666. The molecule has 0 aliphatic carbocycles. The molecule has 2 N–H and O–H groups in total. The number of rotatable bonds is 11. The molecule has 17 heavy (non-hydrogen) atoms. The maximum absolute atomic E-state index is 11.3. The van der Waals surface area contributed by atoms with Crippen LogP contribution in [0.3, 0.4) is 0 Å². The van der Waals surface area contributed by atoms with Crippen LogP contribution in [-0.4, -0.2) is 23.7 Å². The SMILES string of the molecule is CCCCCCCCCCC(=O)NCC(C)O. The highest BCUT2D eigenvalue weighted by molar-refractivity contribution is 5.75. The first kappa shape index (κ1) is 16.4. The van der Waals surface area contributed by atoms with Gasteiger partial charge in [0.15, 0.2) is 0 Å². The predicted molar refractivity (Wildman–Crippen MR) is 71.9 cm³/mol. The largest absolute Gasteiger partial charge is 0.392 e. The average molecular weight is 243 g/mol. The van der Waals surface area contributed by atoms with Gasteiger partial charge >= 0.3 is 0 Å². The van der Waals surface area contributed by atoms with Crippen LogP contribution in [-0.2, 0) is 4.79 Å². The number of carbonyl (C=O) groups excluding carboxylic acids is 1. The molecule has 0 aromatic carbocycles. The molecule has 3 heteroatoms. The Morgan fingerprint density at radius 1 is 1.06 bits per heavy atom. The molecule has 0 fully saturated rings. The van der Waals surface area contributed by atoms with E-state index in [1.54, 1.807) is 6.92 Å². The summed E-state index contributed by atoms with van der Waals surface area (Å²) in [5.41, 5.74) is 0. The van der Waals surface area contributed by atoms with Crippen LogP contribution < -0.4 is 5.32 Å². The molecular formula is C14H29NO2. The third-order valence-electron chi connectivity index (χ3n) is 2.85. The van der Waals surface area contributed by atoms with Crippen LogP contribution in [0.1, 0.15) is 71.6 Å². The molecular weight excluding hydrogens is 214 g/mol. The lowest BCUT2D eigenvalue weighted by atomic mass is 10.1. The van der Waals surface area contributed by atoms with Crippen LogP contribution in [0.25, 0.3) is 0 Å². The van der Waals surface area contributed by atoms with Crippen molar-refractivity contribution in [1.29, 1.82) is 0 Å². The lowest BCUT2D eigenvalue weighted by Gasteiger charge is -2.06. The average Bonchev–Trinajstić information content (AvgIpc) is 2.30. The van der Waals surface area contributed by atoms with E-state index in [0.29, 0.717) is 13.0 Å². The molecule has 1 unspecified atom stereocenters. The first-order chi connectivity index (χ1) is 8.16. The first-order valence-electron chi connectivity index (χ1n) is 7.11. The standard InChI is InChI=1S/C14H29NO2/c1-3-4-5-6-7-8-9-10-11-14(17)15-12-13(2)16/h13,16H,3-12H2,1-2H3,(H,15,17). The number of nitrogens with one attached hydrogen (secondary N) is 1. The molecule has 0 aromatic heterocycles. The molecule has 0 heterocycles. The first-order valence-corrected chi connectivity index (χ1v) is 7.11. The highest BCUT2D eigenvalue weighted by atomic mass is 16.3. The van der Waals surface area contributed by atoms with Crippen LogP contribution in [0.2, 0.25) is 0 Å². The lowest BCUT2D eigenvalue weighted by molar-refractivity contribution is -0.121. The molecule has 0 aliphatic heterocycles. The topological polar surface area (TPSA) is 49.3 Å². The van der Waals surface area contributed by atoms with E-state index in [-0.39, 0.29) is 5.91 Å². The maximum Gasteiger partial charge on any atom is 0.220 e. The zero-order valence-corrected chi connectivity index (χ0v) is 11.5. The van der Waals surface area contributed by atoms with Crippen LogP contribution in [0.5, 0.6) is 0 Å². The second-order valence-electron chi connectivity index (χ2n) is 4.88. The fraction of sp³-hybridized carbons (Fsp3) is 0.929. The lowest BCUT2D eigenvalue weighted by Crippen LogP contribution is -2.30. The van der Waals surface area contributed by atoms with Gasteiger partial charge in [-0.05, 0) is 13.3 Å². The third kappa shape index (κ3) is 13.4. The van der Waals surface area contributed by atoms with E-state index >= 15 is 0 Å². The van der Waals surface area contributed by atoms with Crippen molar-refractivity contribution in [1.82, 2.24) is 5.32 Å². The summed E-state index contributed by atoms with van der Waals surface area (Å²) in [6.07, 6.45) is 10.1. The van der Waals surface area contributed by atoms with Gasteiger partial charge in [0, 0.05) is 13.0 Å². The van der Waals surface area contributed by atoms with Gasteiger partial charge in [0.05, 0.1) is 6.10 Å². The number of aliphatic hydroxyl groups is 1. The van der Waals surface area contributed by atoms with Crippen LogP contribution in [0.4, 0.5) is 0 Å². The molecule has 0 aromatic rings. The van der Waals surface area contributed by atoms with Crippen molar-refractivity contribution in [3.8, 4) is 0 Å². The molecule has 0 saturated heterocycles. The second kappa shape index (κ2) is 11.9. The fourth-order valence-corrected chi connectivity index (χ4v) is 1.77. The Kier molecular flexibility index (Phi) is 11.5. The van der Waals surface area contributed by atoms with E-state index in [1.807, 2.05) is 0 Å². The number of unbranched alkanes of at least 4 members (excludes halogenated alkanes) is 7. The Morgan fingerprint density at radius 3 is 2.12 bits per heavy atom. The summed E-state index contributed by atoms with van der Waals surface area (Å²) in [4.78, 5) is 11.3. The maximum atomic E-state index is 11.3. The third-order valence-corrected chi connectivity index (χ3v) is 2.85. The molecule has 0 radical (unpaired) electrons. The smallest absolute Gasteiger partial charge is 0.220 e. The fourth-order valence-electron chi connectivity index (χ4n) is 1.77. The van der Waals surface area contributed by atoms with Crippen molar-refractivity contribution in [3.05, 3.63) is 0 Å². The van der Waals surface area contributed by atoms with Crippen molar-refractivity contribution in [2.24, 2.45) is 0 Å². The summed E-state index contributed by atoms with van der Waals surface area (Å²) in [6, 6.07) is 0. The summed E-state index contributed by atoms with van der Waals surface area (Å²) < 4.78 is 0. The Morgan fingerprint density at radius 2 is 1.59 bits per heavy atom. The van der Waals surface area contributed by atoms with Gasteiger partial charge in [-0.15, -0.1) is 0 Å². The van der Waals surface area contributed by atoms with E-state index in [9.17, 15) is 4.79 Å². The monoisotopic (exact) mass is 243 g/mol. The normalized spacial score (nSPS) is 12.4. The van der Waals surface area contributed by atoms with Crippen molar-refractivity contribution in [2.75, 3.05) is 6.54 Å². The Balaban J connectivity index is 3.14. The van der Waals surface area contributed by atoms with E-state index in [0.717, 1.165) is 12.8 Å². The predicted octanol–water partition coefficient (Wildman–Crippen LogP) is 3.01. The van der Waals surface area contributed by atoms with E-state index in [4.69, 9.17) is 5.11 Å². The molecule has 1 amide bonds. The van der Waals surface area contributed by atoms with Crippen LogP contribution >= 0.6 is 0 Å². The van der Waals surface area contributed by atoms with Gasteiger partial charge in [-0.25, -0.2) is 0 Å². The van der Waals surface area contributed by atoms with Gasteiger partial charge in [0.25, 0.3) is 0 Å². The van der Waals surface area contributed by atoms with E-state index in [2.05, 4.69) is 12.2 Å². The number of hydrogen-bond acceptors (Lipinski definition) is 2. The van der Waals surface area contributed by atoms with Crippen molar-refractivity contribution in [3.63, 3.8) is 0 Å². The van der Waals surface area contributed by atoms with E-state index < -0.39 is 6.10 Å². The quantitative estimate of drug-likeness (QED) is 0.548. The number of amides is 1. The Hall–Kier alpha value is -0.570. The summed E-state index contributed by atoms with van der Waals surface area (Å²) in [5, 5.41) is 11.7. The Bertz CT molecular complexity index is 181. The van der Waals surface area contributed by atoms with Gasteiger partial charge in [-0.1, -0.05) is 51.9 Å². The van der Waals surface area contributed by atoms with Gasteiger partial charge in [-0.2, -0.15) is 0 Å². The highest BCUT2D eigenvalue weighted by Gasteiger charge is 2.02. The van der Waals surface area contributed by atoms with Gasteiger partial charge in [0.2, 0.25) is 5.91 Å². The van der Waals surface area contributed by atoms with E-state index in [1.165, 1.54) is 38.5 Å². The molecule has 0 rings (SSSR count). The molecule has 0 bridgehead atoms. The minimum atomic E-state index is -0.447. The van der Waals surface area contributed by atoms with Crippen LogP contribution in [0.15, 0.2) is 0 Å². The van der Waals surface area contributed by atoms with Crippen molar-refractivity contribution in [2.45, 2.75) is 77.7 Å². The molecule has 0 saturated carbocycles. The molecule has 102 valence electrons. The summed E-state index contributed by atoms with van der Waals surface area (Å²) in [5.74, 6) is 0.0666. The highest BCUT2D eigenvalue weighted by Crippen LogP contribution is 2.09. The van der Waals surface area contributed by atoms with Gasteiger partial charge in [0.1, 0.15) is 0 Å².